The third-order valence-electron chi connectivity index (χ3n) is 2.56. The number of carbonyl (C=O) groups is 1. The molecular weight excluding hydrogens is 230 g/mol. The molecule has 1 aromatic heterocycles. The summed E-state index contributed by atoms with van der Waals surface area (Å²) in [4.78, 5) is 12.0. The predicted molar refractivity (Wildman–Crippen MR) is 69.0 cm³/mol. The standard InChI is InChI=1S/C14H19NO3/c1-10-9-15(13(17)18-14(3,4)5)12(11(10)2)7-6-8-16/h9,16H,7H2,1-5H3. The molecule has 0 unspecified atom stereocenters. The Labute approximate surface area is 108 Å². The number of aliphatic hydroxyl groups excluding tert-OH is 1. The van der Waals surface area contributed by atoms with E-state index in [4.69, 9.17) is 9.84 Å². The number of nitrogens with zero attached hydrogens (tertiary/aromatic N) is 1. The summed E-state index contributed by atoms with van der Waals surface area (Å²) in [7, 11) is 0. The molecule has 0 aliphatic heterocycles. The lowest BCUT2D eigenvalue weighted by atomic mass is 10.1. The molecule has 1 rings (SSSR count). The maximum Gasteiger partial charge on any atom is 0.418 e. The largest absolute Gasteiger partial charge is 0.462 e. The quantitative estimate of drug-likeness (QED) is 0.779. The second-order valence-corrected chi connectivity index (χ2v) is 5.20. The topological polar surface area (TPSA) is 51.5 Å². The third-order valence-corrected chi connectivity index (χ3v) is 2.56. The van der Waals surface area contributed by atoms with E-state index in [1.165, 1.54) is 4.57 Å². The lowest BCUT2D eigenvalue weighted by Gasteiger charge is -2.20. The Kier molecular flexibility index (Phi) is 4.07. The first-order chi connectivity index (χ1) is 8.26. The van der Waals surface area contributed by atoms with Gasteiger partial charge >= 0.3 is 6.09 Å². The third kappa shape index (κ3) is 3.30. The average Bonchev–Trinajstić information content (AvgIpc) is 2.51. The van der Waals surface area contributed by atoms with Crippen molar-refractivity contribution >= 4 is 6.09 Å². The lowest BCUT2D eigenvalue weighted by molar-refractivity contribution is 0.0533. The van der Waals surface area contributed by atoms with E-state index in [1.54, 1.807) is 6.20 Å². The Morgan fingerprint density at radius 1 is 1.44 bits per heavy atom. The van der Waals surface area contributed by atoms with Crippen molar-refractivity contribution < 1.29 is 14.6 Å². The Balaban J connectivity index is 3.10. The molecule has 1 aromatic rings. The van der Waals surface area contributed by atoms with Gasteiger partial charge < -0.3 is 9.84 Å². The van der Waals surface area contributed by atoms with Gasteiger partial charge in [-0.15, -0.1) is 0 Å². The fourth-order valence-corrected chi connectivity index (χ4v) is 1.59. The van der Waals surface area contributed by atoms with Crippen molar-refractivity contribution in [3.8, 4) is 12.0 Å². The van der Waals surface area contributed by atoms with E-state index in [0.717, 1.165) is 16.8 Å². The maximum atomic E-state index is 12.0. The van der Waals surface area contributed by atoms with Crippen molar-refractivity contribution in [2.45, 2.75) is 46.6 Å². The summed E-state index contributed by atoms with van der Waals surface area (Å²) in [5, 5.41) is 8.55. The molecule has 0 saturated heterocycles. The minimum Gasteiger partial charge on any atom is -0.462 e. The van der Waals surface area contributed by atoms with Crippen LogP contribution >= 0.6 is 0 Å². The molecule has 0 atom stereocenters. The summed E-state index contributed by atoms with van der Waals surface area (Å²) in [6, 6.07) is 0. The van der Waals surface area contributed by atoms with Gasteiger partial charge in [-0.25, -0.2) is 4.79 Å². The second kappa shape index (κ2) is 5.18. The smallest absolute Gasteiger partial charge is 0.418 e. The van der Waals surface area contributed by atoms with Crippen LogP contribution in [0.2, 0.25) is 0 Å². The Morgan fingerprint density at radius 2 is 2.06 bits per heavy atom. The van der Waals surface area contributed by atoms with Crippen LogP contribution in [0.3, 0.4) is 0 Å². The molecule has 1 heterocycles. The zero-order valence-corrected chi connectivity index (χ0v) is 11.5. The first kappa shape index (κ1) is 14.2. The fourth-order valence-electron chi connectivity index (χ4n) is 1.59. The van der Waals surface area contributed by atoms with Gasteiger partial charge in [0.15, 0.2) is 0 Å². The van der Waals surface area contributed by atoms with Crippen molar-refractivity contribution in [3.63, 3.8) is 0 Å². The molecule has 0 aromatic carbocycles. The van der Waals surface area contributed by atoms with Crippen molar-refractivity contribution in [2.75, 3.05) is 0 Å². The van der Waals surface area contributed by atoms with Gasteiger partial charge in [0.25, 0.3) is 0 Å². The molecule has 1 N–H and O–H groups in total. The summed E-state index contributed by atoms with van der Waals surface area (Å²) < 4.78 is 6.78. The van der Waals surface area contributed by atoms with Gasteiger partial charge in [0.05, 0.1) is 6.42 Å². The van der Waals surface area contributed by atoms with Crippen molar-refractivity contribution in [2.24, 2.45) is 0 Å². The average molecular weight is 249 g/mol. The zero-order valence-electron chi connectivity index (χ0n) is 11.5. The van der Waals surface area contributed by atoms with Crippen molar-refractivity contribution in [1.82, 2.24) is 4.57 Å². The first-order valence-electron chi connectivity index (χ1n) is 5.79. The zero-order chi connectivity index (χ0) is 13.9. The summed E-state index contributed by atoms with van der Waals surface area (Å²) in [5.41, 5.74) is 2.20. The number of aryl methyl sites for hydroxylation is 1. The highest BCUT2D eigenvalue weighted by atomic mass is 16.6. The van der Waals surface area contributed by atoms with Crippen LogP contribution in [-0.2, 0) is 11.2 Å². The van der Waals surface area contributed by atoms with Gasteiger partial charge in [0, 0.05) is 11.9 Å². The van der Waals surface area contributed by atoms with Gasteiger partial charge in [-0.1, -0.05) is 5.92 Å². The Hall–Kier alpha value is -1.89. The van der Waals surface area contributed by atoms with Crippen LogP contribution < -0.4 is 0 Å². The number of hydrogen-bond donors (Lipinski definition) is 1. The molecule has 98 valence electrons. The summed E-state index contributed by atoms with van der Waals surface area (Å²) >= 11 is 0. The second-order valence-electron chi connectivity index (χ2n) is 5.20. The van der Waals surface area contributed by atoms with Crippen molar-refractivity contribution in [3.05, 3.63) is 23.0 Å². The molecule has 0 saturated carbocycles. The van der Waals surface area contributed by atoms with Crippen LogP contribution in [0, 0.1) is 25.9 Å². The molecule has 0 amide bonds. The van der Waals surface area contributed by atoms with Crippen LogP contribution in [0.5, 0.6) is 0 Å². The van der Waals surface area contributed by atoms with Crippen LogP contribution in [0.15, 0.2) is 6.20 Å². The van der Waals surface area contributed by atoms with E-state index in [1.807, 2.05) is 40.7 Å². The lowest BCUT2D eigenvalue weighted by Crippen LogP contribution is -2.27. The highest BCUT2D eigenvalue weighted by Gasteiger charge is 2.21. The van der Waals surface area contributed by atoms with Crippen molar-refractivity contribution in [1.29, 1.82) is 0 Å². The molecule has 4 heteroatoms. The van der Waals surface area contributed by atoms with Gasteiger partial charge in [0.1, 0.15) is 11.7 Å². The van der Waals surface area contributed by atoms with E-state index in [2.05, 4.69) is 5.92 Å². The van der Waals surface area contributed by atoms with E-state index >= 15 is 0 Å². The van der Waals surface area contributed by atoms with Gasteiger partial charge in [-0.2, -0.15) is 0 Å². The molecular formula is C14H19NO3. The van der Waals surface area contributed by atoms with Gasteiger partial charge in [-0.05, 0) is 45.7 Å². The summed E-state index contributed by atoms with van der Waals surface area (Å²) in [6.07, 6.45) is 3.48. The minimum atomic E-state index is -0.539. The van der Waals surface area contributed by atoms with E-state index in [9.17, 15) is 4.79 Å². The molecule has 0 aliphatic carbocycles. The highest BCUT2D eigenvalue weighted by molar-refractivity contribution is 5.73. The summed E-state index contributed by atoms with van der Waals surface area (Å²) in [5.74, 6) is 2.55. The normalized spacial score (nSPS) is 10.7. The number of hydrogen-bond acceptors (Lipinski definition) is 3. The molecule has 0 fully saturated rings. The van der Waals surface area contributed by atoms with E-state index in [-0.39, 0.29) is 0 Å². The van der Waals surface area contributed by atoms with Gasteiger partial charge in [0.2, 0.25) is 0 Å². The van der Waals surface area contributed by atoms with Crippen LogP contribution in [0.25, 0.3) is 0 Å². The maximum absolute atomic E-state index is 12.0. The first-order valence-corrected chi connectivity index (χ1v) is 5.79. The molecule has 0 radical (unpaired) electrons. The molecule has 18 heavy (non-hydrogen) atoms. The Morgan fingerprint density at radius 3 is 2.56 bits per heavy atom. The molecule has 0 bridgehead atoms. The predicted octanol–water partition coefficient (Wildman–Crippen LogP) is 2.76. The number of carbonyl (C=O) groups excluding carboxylic acids is 1. The fraction of sp³-hybridized carbons (Fsp3) is 0.500. The Bertz CT molecular complexity index is 510. The molecule has 0 aliphatic rings. The molecule has 0 spiro atoms. The van der Waals surface area contributed by atoms with Crippen LogP contribution in [-0.4, -0.2) is 21.4 Å². The van der Waals surface area contributed by atoms with E-state index < -0.39 is 11.7 Å². The van der Waals surface area contributed by atoms with E-state index in [0.29, 0.717) is 6.42 Å². The van der Waals surface area contributed by atoms with Gasteiger partial charge in [-0.3, -0.25) is 4.57 Å². The highest BCUT2D eigenvalue weighted by Crippen LogP contribution is 2.18. The monoisotopic (exact) mass is 249 g/mol. The SMILES string of the molecule is Cc1cn(C(=O)OC(C)(C)C)c(CC#CO)c1C. The number of aliphatic hydroxyl groups is 1. The van der Waals surface area contributed by atoms with Crippen LogP contribution in [0.4, 0.5) is 4.79 Å². The van der Waals surface area contributed by atoms with Crippen LogP contribution in [0.1, 0.15) is 37.6 Å². The molecule has 4 nitrogen and oxygen atoms in total. The summed E-state index contributed by atoms with van der Waals surface area (Å²) in [6.45, 7) is 9.31. The number of rotatable bonds is 1. The number of aromatic nitrogens is 1. The minimum absolute atomic E-state index is 0.315. The number of ether oxygens (including phenoxy) is 1.